The summed E-state index contributed by atoms with van der Waals surface area (Å²) in [6.45, 7) is 4.65. The van der Waals surface area contributed by atoms with Gasteiger partial charge in [-0.2, -0.15) is 0 Å². The first kappa shape index (κ1) is 15.6. The van der Waals surface area contributed by atoms with E-state index < -0.39 is 5.54 Å². The Hall–Kier alpha value is -1.82. The summed E-state index contributed by atoms with van der Waals surface area (Å²) >= 11 is 5.75. The number of hydrogen-bond acceptors (Lipinski definition) is 4. The van der Waals surface area contributed by atoms with Crippen LogP contribution in [0.5, 0.6) is 0 Å². The van der Waals surface area contributed by atoms with Crippen molar-refractivity contribution in [1.82, 2.24) is 15.2 Å². The summed E-state index contributed by atoms with van der Waals surface area (Å²) in [5.41, 5.74) is -0.762. The van der Waals surface area contributed by atoms with Crippen molar-refractivity contribution in [1.29, 1.82) is 0 Å². The molecule has 7 heteroatoms. The van der Waals surface area contributed by atoms with Gasteiger partial charge in [-0.25, -0.2) is 9.78 Å². The molecule has 1 saturated heterocycles. The molecule has 2 heterocycles. The van der Waals surface area contributed by atoms with E-state index in [2.05, 4.69) is 15.6 Å². The summed E-state index contributed by atoms with van der Waals surface area (Å²) in [6, 6.07) is 3.22. The Morgan fingerprint density at radius 2 is 2.19 bits per heavy atom. The largest absolute Gasteiger partial charge is 0.370 e. The first-order valence-corrected chi connectivity index (χ1v) is 7.33. The number of nitrogens with one attached hydrogen (secondary N) is 2. The monoisotopic (exact) mass is 310 g/mol. The number of rotatable bonds is 6. The second kappa shape index (κ2) is 6.30. The third kappa shape index (κ3) is 3.44. The molecule has 0 unspecified atom stereocenters. The number of imide groups is 1. The predicted octanol–water partition coefficient (Wildman–Crippen LogP) is 2.26. The van der Waals surface area contributed by atoms with E-state index in [1.165, 1.54) is 4.90 Å². The summed E-state index contributed by atoms with van der Waals surface area (Å²) in [5, 5.41) is 6.44. The smallest absolute Gasteiger partial charge is 0.325 e. The van der Waals surface area contributed by atoms with E-state index in [0.717, 1.165) is 5.82 Å². The van der Waals surface area contributed by atoms with Gasteiger partial charge in [0, 0.05) is 19.3 Å². The van der Waals surface area contributed by atoms with E-state index in [1.807, 2.05) is 6.92 Å². The van der Waals surface area contributed by atoms with Crippen LogP contribution >= 0.6 is 11.6 Å². The predicted molar refractivity (Wildman–Crippen MR) is 81.3 cm³/mol. The molecule has 1 aliphatic heterocycles. The van der Waals surface area contributed by atoms with Crippen LogP contribution in [0.1, 0.15) is 26.7 Å². The highest BCUT2D eigenvalue weighted by atomic mass is 35.5. The average Bonchev–Trinajstić information content (AvgIpc) is 2.69. The Morgan fingerprint density at radius 1 is 1.43 bits per heavy atom. The minimum atomic E-state index is -0.762. The Kier molecular flexibility index (Phi) is 4.67. The van der Waals surface area contributed by atoms with Crippen LogP contribution in [0, 0.1) is 0 Å². The van der Waals surface area contributed by atoms with Crippen molar-refractivity contribution in [2.24, 2.45) is 0 Å². The van der Waals surface area contributed by atoms with Crippen LogP contribution in [0.4, 0.5) is 10.6 Å². The molecule has 0 saturated carbocycles. The summed E-state index contributed by atoms with van der Waals surface area (Å²) in [6.07, 6.45) is 2.80. The maximum Gasteiger partial charge on any atom is 0.325 e. The molecular weight excluding hydrogens is 292 g/mol. The number of nitrogens with zero attached hydrogens (tertiary/aromatic N) is 2. The lowest BCUT2D eigenvalue weighted by Crippen LogP contribution is -2.43. The van der Waals surface area contributed by atoms with Crippen LogP contribution in [-0.4, -0.2) is 40.5 Å². The van der Waals surface area contributed by atoms with E-state index in [1.54, 1.807) is 25.3 Å². The number of carbonyl (C=O) groups excluding carboxylic acids is 2. The molecule has 6 nitrogen and oxygen atoms in total. The van der Waals surface area contributed by atoms with Crippen LogP contribution < -0.4 is 10.6 Å². The standard InChI is InChI=1S/C14H19ClN4O2/c1-3-14(2)12(20)19(13(21)18-14)8-4-7-16-11-6-5-10(15)9-17-11/h5-6,9H,3-4,7-8H2,1-2H3,(H,16,17)(H,18,21)/t14-/m1/s1. The highest BCUT2D eigenvalue weighted by Crippen LogP contribution is 2.20. The number of halogens is 1. The van der Waals surface area contributed by atoms with E-state index in [9.17, 15) is 9.59 Å². The molecule has 0 bridgehead atoms. The molecular formula is C14H19ClN4O2. The molecule has 1 aromatic rings. The summed E-state index contributed by atoms with van der Waals surface area (Å²) in [5.74, 6) is 0.564. The van der Waals surface area contributed by atoms with Gasteiger partial charge in [0.2, 0.25) is 0 Å². The van der Waals surface area contributed by atoms with Crippen LogP contribution in [0.15, 0.2) is 18.3 Å². The molecule has 1 atom stereocenters. The Labute approximate surface area is 128 Å². The van der Waals surface area contributed by atoms with Gasteiger partial charge in [0.25, 0.3) is 5.91 Å². The van der Waals surface area contributed by atoms with Crippen molar-refractivity contribution >= 4 is 29.4 Å². The van der Waals surface area contributed by atoms with Gasteiger partial charge in [0.15, 0.2) is 0 Å². The minimum absolute atomic E-state index is 0.153. The number of hydrogen-bond donors (Lipinski definition) is 2. The quantitative estimate of drug-likeness (QED) is 0.624. The molecule has 2 N–H and O–H groups in total. The molecule has 114 valence electrons. The number of aromatic nitrogens is 1. The molecule has 2 rings (SSSR count). The van der Waals surface area contributed by atoms with Gasteiger partial charge in [0.05, 0.1) is 5.02 Å². The Balaban J connectivity index is 1.80. The van der Waals surface area contributed by atoms with E-state index >= 15 is 0 Å². The minimum Gasteiger partial charge on any atom is -0.370 e. The lowest BCUT2D eigenvalue weighted by molar-refractivity contribution is -0.130. The van der Waals surface area contributed by atoms with E-state index in [-0.39, 0.29) is 11.9 Å². The van der Waals surface area contributed by atoms with Gasteiger partial charge in [-0.3, -0.25) is 9.69 Å². The lowest BCUT2D eigenvalue weighted by atomic mass is 9.99. The van der Waals surface area contributed by atoms with Crippen LogP contribution in [0.3, 0.4) is 0 Å². The van der Waals surface area contributed by atoms with Crippen LogP contribution in [-0.2, 0) is 4.79 Å². The third-order valence-electron chi connectivity index (χ3n) is 3.64. The van der Waals surface area contributed by atoms with Crippen LogP contribution in [0.25, 0.3) is 0 Å². The zero-order chi connectivity index (χ0) is 15.5. The van der Waals surface area contributed by atoms with Crippen molar-refractivity contribution < 1.29 is 9.59 Å². The fourth-order valence-electron chi connectivity index (χ4n) is 2.12. The molecule has 3 amide bonds. The molecule has 21 heavy (non-hydrogen) atoms. The number of anilines is 1. The molecule has 0 radical (unpaired) electrons. The van der Waals surface area contributed by atoms with E-state index in [4.69, 9.17) is 11.6 Å². The molecule has 0 aromatic carbocycles. The van der Waals surface area contributed by atoms with Crippen molar-refractivity contribution in [2.45, 2.75) is 32.2 Å². The number of urea groups is 1. The molecule has 0 aliphatic carbocycles. The maximum absolute atomic E-state index is 12.2. The van der Waals surface area contributed by atoms with Crippen molar-refractivity contribution in [3.63, 3.8) is 0 Å². The first-order valence-electron chi connectivity index (χ1n) is 6.96. The fourth-order valence-corrected chi connectivity index (χ4v) is 2.24. The van der Waals surface area contributed by atoms with Gasteiger partial charge < -0.3 is 10.6 Å². The number of amides is 3. The topological polar surface area (TPSA) is 74.3 Å². The van der Waals surface area contributed by atoms with Gasteiger partial charge in [-0.05, 0) is 31.9 Å². The highest BCUT2D eigenvalue weighted by Gasteiger charge is 2.45. The summed E-state index contributed by atoms with van der Waals surface area (Å²) in [7, 11) is 0. The molecule has 1 fully saturated rings. The van der Waals surface area contributed by atoms with E-state index in [0.29, 0.717) is 31.0 Å². The summed E-state index contributed by atoms with van der Waals surface area (Å²) < 4.78 is 0. The van der Waals surface area contributed by atoms with Crippen LogP contribution in [0.2, 0.25) is 5.02 Å². The Morgan fingerprint density at radius 3 is 2.76 bits per heavy atom. The molecule has 1 aliphatic rings. The highest BCUT2D eigenvalue weighted by molar-refractivity contribution is 6.30. The zero-order valence-corrected chi connectivity index (χ0v) is 12.9. The Bertz CT molecular complexity index is 534. The van der Waals surface area contributed by atoms with Gasteiger partial charge >= 0.3 is 6.03 Å². The molecule has 1 aromatic heterocycles. The van der Waals surface area contributed by atoms with Gasteiger partial charge in [0.1, 0.15) is 11.4 Å². The maximum atomic E-state index is 12.2. The SMILES string of the molecule is CC[C@@]1(C)NC(=O)N(CCCNc2ccc(Cl)cn2)C1=O. The zero-order valence-electron chi connectivity index (χ0n) is 12.1. The number of carbonyl (C=O) groups is 2. The van der Waals surface area contributed by atoms with Crippen molar-refractivity contribution in [3.05, 3.63) is 23.4 Å². The molecule has 0 spiro atoms. The second-order valence-electron chi connectivity index (χ2n) is 5.21. The number of pyridine rings is 1. The average molecular weight is 311 g/mol. The second-order valence-corrected chi connectivity index (χ2v) is 5.65. The van der Waals surface area contributed by atoms with Crippen molar-refractivity contribution in [2.75, 3.05) is 18.4 Å². The fraction of sp³-hybridized carbons (Fsp3) is 0.500. The summed E-state index contributed by atoms with van der Waals surface area (Å²) in [4.78, 5) is 29.4. The normalized spacial score (nSPS) is 21.6. The van der Waals surface area contributed by atoms with Gasteiger partial charge in [-0.15, -0.1) is 0 Å². The lowest BCUT2D eigenvalue weighted by Gasteiger charge is -2.19. The third-order valence-corrected chi connectivity index (χ3v) is 3.87. The van der Waals surface area contributed by atoms with Crippen molar-refractivity contribution in [3.8, 4) is 0 Å². The first-order chi connectivity index (χ1) is 9.96. The van der Waals surface area contributed by atoms with Gasteiger partial charge in [-0.1, -0.05) is 18.5 Å².